The van der Waals surface area contributed by atoms with Crippen molar-refractivity contribution in [2.75, 3.05) is 26.7 Å². The lowest BCUT2D eigenvalue weighted by Crippen LogP contribution is -2.52. The third-order valence-electron chi connectivity index (χ3n) is 4.21. The number of amides is 1. The molecule has 1 saturated heterocycles. The van der Waals surface area contributed by atoms with E-state index in [0.29, 0.717) is 18.4 Å². The van der Waals surface area contributed by atoms with Crippen LogP contribution in [0.5, 0.6) is 0 Å². The molecule has 3 heteroatoms. The quantitative estimate of drug-likeness (QED) is 0.841. The molecule has 1 aliphatic heterocycles. The van der Waals surface area contributed by atoms with E-state index >= 15 is 0 Å². The van der Waals surface area contributed by atoms with Crippen LogP contribution in [0.15, 0.2) is 24.3 Å². The summed E-state index contributed by atoms with van der Waals surface area (Å²) < 4.78 is 0. The predicted octanol–water partition coefficient (Wildman–Crippen LogP) is 2.34. The minimum absolute atomic E-state index is 0.296. The zero-order chi connectivity index (χ0) is 14.5. The fourth-order valence-electron chi connectivity index (χ4n) is 2.85. The van der Waals surface area contributed by atoms with Crippen LogP contribution in [-0.4, -0.2) is 48.4 Å². The number of rotatable bonds is 4. The highest BCUT2D eigenvalue weighted by molar-refractivity contribution is 5.77. The van der Waals surface area contributed by atoms with Gasteiger partial charge in [-0.1, -0.05) is 31.2 Å². The first-order chi connectivity index (χ1) is 9.60. The van der Waals surface area contributed by atoms with Gasteiger partial charge >= 0.3 is 0 Å². The molecule has 1 aromatic rings. The molecule has 0 N–H and O–H groups in total. The van der Waals surface area contributed by atoms with Crippen LogP contribution < -0.4 is 0 Å². The number of likely N-dealkylation sites (N-methyl/N-ethyl adjacent to an activating group) is 1. The number of aryl methyl sites for hydroxylation is 2. The van der Waals surface area contributed by atoms with Crippen molar-refractivity contribution in [1.82, 2.24) is 9.80 Å². The Hall–Kier alpha value is -1.35. The van der Waals surface area contributed by atoms with Crippen molar-refractivity contribution in [3.63, 3.8) is 0 Å². The van der Waals surface area contributed by atoms with Crippen molar-refractivity contribution in [2.45, 2.75) is 39.2 Å². The fourth-order valence-corrected chi connectivity index (χ4v) is 2.85. The highest BCUT2D eigenvalue weighted by Crippen LogP contribution is 2.12. The summed E-state index contributed by atoms with van der Waals surface area (Å²) in [7, 11) is 2.12. The minimum Gasteiger partial charge on any atom is -0.337 e. The minimum atomic E-state index is 0.296. The second-order valence-electron chi connectivity index (χ2n) is 5.87. The molecule has 0 radical (unpaired) electrons. The van der Waals surface area contributed by atoms with Gasteiger partial charge in [0.05, 0.1) is 0 Å². The molecule has 0 bridgehead atoms. The average molecular weight is 274 g/mol. The van der Waals surface area contributed by atoms with Crippen LogP contribution in [0.25, 0.3) is 0 Å². The Bertz CT molecular complexity index is 441. The summed E-state index contributed by atoms with van der Waals surface area (Å²) in [6.07, 6.45) is 2.54. The topological polar surface area (TPSA) is 23.6 Å². The van der Waals surface area contributed by atoms with E-state index in [1.807, 2.05) is 4.90 Å². The van der Waals surface area contributed by atoms with Gasteiger partial charge in [0.15, 0.2) is 0 Å². The summed E-state index contributed by atoms with van der Waals surface area (Å²) in [5.74, 6) is 0.296. The lowest BCUT2D eigenvalue weighted by Gasteiger charge is -2.38. The number of hydrogen-bond acceptors (Lipinski definition) is 2. The Morgan fingerprint density at radius 2 is 1.85 bits per heavy atom. The van der Waals surface area contributed by atoms with Crippen molar-refractivity contribution >= 4 is 5.91 Å². The van der Waals surface area contributed by atoms with E-state index in [4.69, 9.17) is 0 Å². The Kier molecular flexibility index (Phi) is 5.18. The van der Waals surface area contributed by atoms with Gasteiger partial charge in [-0.05, 0) is 37.9 Å². The van der Waals surface area contributed by atoms with Crippen LogP contribution in [0.2, 0.25) is 0 Å². The summed E-state index contributed by atoms with van der Waals surface area (Å²) in [6, 6.07) is 8.97. The number of piperazine rings is 1. The fraction of sp³-hybridized carbons (Fsp3) is 0.588. The van der Waals surface area contributed by atoms with Crippen LogP contribution in [0, 0.1) is 0 Å². The molecular formula is C17H26N2O. The molecule has 0 saturated carbocycles. The number of nitrogens with zero attached hydrogens (tertiary/aromatic N) is 2. The summed E-state index contributed by atoms with van der Waals surface area (Å²) in [5.41, 5.74) is 2.62. The van der Waals surface area contributed by atoms with Crippen LogP contribution in [0.4, 0.5) is 0 Å². The SMILES string of the molecule is CCc1ccc(CCC(=O)N2CCN(C)CC2C)cc1. The van der Waals surface area contributed by atoms with Gasteiger partial charge < -0.3 is 9.80 Å². The maximum atomic E-state index is 12.3. The second kappa shape index (κ2) is 6.89. The van der Waals surface area contributed by atoms with E-state index in [9.17, 15) is 4.79 Å². The predicted molar refractivity (Wildman–Crippen MR) is 82.8 cm³/mol. The van der Waals surface area contributed by atoms with E-state index in [-0.39, 0.29) is 0 Å². The van der Waals surface area contributed by atoms with Gasteiger partial charge in [-0.3, -0.25) is 4.79 Å². The highest BCUT2D eigenvalue weighted by atomic mass is 16.2. The molecule has 3 nitrogen and oxygen atoms in total. The van der Waals surface area contributed by atoms with Gasteiger partial charge in [0.2, 0.25) is 5.91 Å². The largest absolute Gasteiger partial charge is 0.337 e. The second-order valence-corrected chi connectivity index (χ2v) is 5.87. The standard InChI is InChI=1S/C17H26N2O/c1-4-15-5-7-16(8-6-15)9-10-17(20)19-12-11-18(3)13-14(19)2/h5-8,14H,4,9-13H2,1-3H3. The van der Waals surface area contributed by atoms with E-state index in [0.717, 1.165) is 32.5 Å². The zero-order valence-electron chi connectivity index (χ0n) is 12.9. The van der Waals surface area contributed by atoms with Crippen molar-refractivity contribution in [3.8, 4) is 0 Å². The third-order valence-corrected chi connectivity index (χ3v) is 4.21. The first-order valence-corrected chi connectivity index (χ1v) is 7.66. The van der Waals surface area contributed by atoms with E-state index in [1.165, 1.54) is 11.1 Å². The summed E-state index contributed by atoms with van der Waals surface area (Å²) in [6.45, 7) is 7.14. The number of carbonyl (C=O) groups excluding carboxylic acids is 1. The third kappa shape index (κ3) is 3.83. The smallest absolute Gasteiger partial charge is 0.223 e. The van der Waals surface area contributed by atoms with Crippen LogP contribution in [0.3, 0.4) is 0 Å². The van der Waals surface area contributed by atoms with Crippen LogP contribution >= 0.6 is 0 Å². The maximum absolute atomic E-state index is 12.3. The molecule has 1 aromatic carbocycles. The van der Waals surface area contributed by atoms with Gasteiger partial charge in [0.25, 0.3) is 0 Å². The van der Waals surface area contributed by atoms with E-state index < -0.39 is 0 Å². The normalized spacial score (nSPS) is 20.1. The monoisotopic (exact) mass is 274 g/mol. The lowest BCUT2D eigenvalue weighted by molar-refractivity contribution is -0.135. The van der Waals surface area contributed by atoms with Crippen molar-refractivity contribution < 1.29 is 4.79 Å². The van der Waals surface area contributed by atoms with Gasteiger partial charge in [-0.2, -0.15) is 0 Å². The molecule has 0 spiro atoms. The molecule has 1 aliphatic rings. The average Bonchev–Trinajstić information content (AvgIpc) is 2.45. The van der Waals surface area contributed by atoms with Crippen molar-refractivity contribution in [1.29, 1.82) is 0 Å². The molecule has 1 fully saturated rings. The molecule has 20 heavy (non-hydrogen) atoms. The molecular weight excluding hydrogens is 248 g/mol. The van der Waals surface area contributed by atoms with Crippen LogP contribution in [0.1, 0.15) is 31.4 Å². The molecule has 2 rings (SSSR count). The summed E-state index contributed by atoms with van der Waals surface area (Å²) in [5, 5.41) is 0. The molecule has 1 unspecified atom stereocenters. The molecule has 110 valence electrons. The number of hydrogen-bond donors (Lipinski definition) is 0. The molecule has 1 heterocycles. The number of carbonyl (C=O) groups is 1. The van der Waals surface area contributed by atoms with E-state index in [1.54, 1.807) is 0 Å². The lowest BCUT2D eigenvalue weighted by atomic mass is 10.0. The zero-order valence-corrected chi connectivity index (χ0v) is 12.9. The number of benzene rings is 1. The van der Waals surface area contributed by atoms with Crippen LogP contribution in [-0.2, 0) is 17.6 Å². The van der Waals surface area contributed by atoms with Crippen molar-refractivity contribution in [2.24, 2.45) is 0 Å². The maximum Gasteiger partial charge on any atom is 0.223 e. The summed E-state index contributed by atoms with van der Waals surface area (Å²) in [4.78, 5) is 16.7. The van der Waals surface area contributed by atoms with Gasteiger partial charge in [-0.25, -0.2) is 0 Å². The molecule has 0 aliphatic carbocycles. The molecule has 0 aromatic heterocycles. The Balaban J connectivity index is 1.85. The first-order valence-electron chi connectivity index (χ1n) is 7.66. The highest BCUT2D eigenvalue weighted by Gasteiger charge is 2.25. The molecule has 1 atom stereocenters. The Morgan fingerprint density at radius 3 is 2.45 bits per heavy atom. The Labute approximate surface area is 122 Å². The van der Waals surface area contributed by atoms with E-state index in [2.05, 4.69) is 50.1 Å². The molecule has 1 amide bonds. The van der Waals surface area contributed by atoms with Gasteiger partial charge in [0, 0.05) is 32.1 Å². The summed E-state index contributed by atoms with van der Waals surface area (Å²) >= 11 is 0. The first kappa shape index (κ1) is 15.0. The Morgan fingerprint density at radius 1 is 1.20 bits per heavy atom. The van der Waals surface area contributed by atoms with Gasteiger partial charge in [-0.15, -0.1) is 0 Å². The van der Waals surface area contributed by atoms with Gasteiger partial charge in [0.1, 0.15) is 0 Å². The van der Waals surface area contributed by atoms with Crippen molar-refractivity contribution in [3.05, 3.63) is 35.4 Å².